The van der Waals surface area contributed by atoms with Gasteiger partial charge in [-0.1, -0.05) is 23.7 Å². The van der Waals surface area contributed by atoms with Gasteiger partial charge in [-0.2, -0.15) is 0 Å². The smallest absolute Gasteiger partial charge is 0.337 e. The molecule has 1 fully saturated rings. The van der Waals surface area contributed by atoms with Crippen molar-refractivity contribution in [2.24, 2.45) is 0 Å². The maximum atomic E-state index is 11.4. The number of fused-ring (bicyclic) bond motifs is 1. The fourth-order valence-corrected chi connectivity index (χ4v) is 3.87. The quantitative estimate of drug-likeness (QED) is 0.633. The first-order valence-electron chi connectivity index (χ1n) is 8.38. The van der Waals surface area contributed by atoms with Gasteiger partial charge in [-0.3, -0.25) is 0 Å². The molecular weight excluding hydrogens is 354 g/mol. The second-order valence-electron chi connectivity index (χ2n) is 6.66. The summed E-state index contributed by atoms with van der Waals surface area (Å²) in [7, 11) is 1.62. The van der Waals surface area contributed by atoms with Crippen LogP contribution in [0.1, 0.15) is 34.7 Å². The number of aromatic carboxylic acids is 1. The first-order chi connectivity index (χ1) is 12.5. The average molecular weight is 372 g/mol. The predicted octanol–water partition coefficient (Wildman–Crippen LogP) is 4.43. The highest BCUT2D eigenvalue weighted by atomic mass is 35.5. The van der Waals surface area contributed by atoms with Crippen LogP contribution in [0.25, 0.3) is 22.0 Å². The molecule has 0 bridgehead atoms. The molecule has 0 radical (unpaired) electrons. The van der Waals surface area contributed by atoms with Crippen molar-refractivity contribution in [3.8, 4) is 16.9 Å². The zero-order chi connectivity index (χ0) is 18.4. The number of carboxylic acid groups (broad SMARTS) is 1. The lowest BCUT2D eigenvalue weighted by atomic mass is 9.77. The summed E-state index contributed by atoms with van der Waals surface area (Å²) in [6, 6.07) is 9.41. The van der Waals surface area contributed by atoms with Crippen LogP contribution >= 0.6 is 11.6 Å². The van der Waals surface area contributed by atoms with E-state index in [2.05, 4.69) is 4.98 Å². The molecule has 1 aliphatic carbocycles. The molecule has 3 aromatic rings. The Morgan fingerprint density at radius 2 is 2.04 bits per heavy atom. The van der Waals surface area contributed by atoms with Gasteiger partial charge in [0.25, 0.3) is 0 Å². The van der Waals surface area contributed by atoms with Crippen LogP contribution in [0.3, 0.4) is 0 Å². The monoisotopic (exact) mass is 371 g/mol. The molecule has 0 spiro atoms. The van der Waals surface area contributed by atoms with E-state index in [4.69, 9.17) is 16.3 Å². The first-order valence-corrected chi connectivity index (χ1v) is 8.76. The Kier molecular flexibility index (Phi) is 4.13. The number of carboxylic acids is 1. The highest BCUT2D eigenvalue weighted by Crippen LogP contribution is 2.43. The van der Waals surface area contributed by atoms with Crippen molar-refractivity contribution in [1.82, 2.24) is 4.98 Å². The summed E-state index contributed by atoms with van der Waals surface area (Å²) in [4.78, 5) is 14.3. The molecule has 0 aliphatic heterocycles. The Hall–Kier alpha value is -2.50. The fourth-order valence-electron chi connectivity index (χ4n) is 3.60. The number of ether oxygens (including phenoxy) is 1. The van der Waals surface area contributed by atoms with Gasteiger partial charge >= 0.3 is 5.97 Å². The minimum Gasteiger partial charge on any atom is -0.496 e. The lowest BCUT2D eigenvalue weighted by Gasteiger charge is -2.32. The number of benzene rings is 2. The molecule has 0 atom stereocenters. The molecule has 0 saturated heterocycles. The number of nitrogens with one attached hydrogen (secondary N) is 1. The van der Waals surface area contributed by atoms with Gasteiger partial charge in [0.1, 0.15) is 5.75 Å². The van der Waals surface area contributed by atoms with E-state index >= 15 is 0 Å². The van der Waals surface area contributed by atoms with E-state index in [1.807, 2.05) is 18.2 Å². The van der Waals surface area contributed by atoms with Gasteiger partial charge in [-0.15, -0.1) is 0 Å². The number of hydrogen-bond donors (Lipinski definition) is 3. The number of aliphatic hydroxyl groups is 1. The molecule has 26 heavy (non-hydrogen) atoms. The van der Waals surface area contributed by atoms with Gasteiger partial charge in [0.15, 0.2) is 0 Å². The number of carbonyl (C=O) groups is 1. The van der Waals surface area contributed by atoms with Crippen LogP contribution in [-0.4, -0.2) is 34.4 Å². The lowest BCUT2D eigenvalue weighted by molar-refractivity contribution is 0.0698. The third kappa shape index (κ3) is 2.73. The molecule has 134 valence electrons. The topological polar surface area (TPSA) is 82.5 Å². The van der Waals surface area contributed by atoms with Crippen molar-refractivity contribution < 1.29 is 19.7 Å². The van der Waals surface area contributed by atoms with E-state index in [0.29, 0.717) is 21.8 Å². The number of halogens is 1. The van der Waals surface area contributed by atoms with Crippen LogP contribution in [0.2, 0.25) is 5.02 Å². The molecule has 1 saturated carbocycles. The van der Waals surface area contributed by atoms with Gasteiger partial charge in [-0.05, 0) is 48.1 Å². The predicted molar refractivity (Wildman–Crippen MR) is 100 cm³/mol. The highest BCUT2D eigenvalue weighted by molar-refractivity contribution is 6.34. The Bertz CT molecular complexity index is 1000. The zero-order valence-electron chi connectivity index (χ0n) is 14.1. The molecule has 3 N–H and O–H groups in total. The van der Waals surface area contributed by atoms with E-state index in [1.54, 1.807) is 19.2 Å². The lowest BCUT2D eigenvalue weighted by Crippen LogP contribution is -2.26. The van der Waals surface area contributed by atoms with Crippen molar-refractivity contribution in [3.05, 3.63) is 52.7 Å². The Labute approximate surface area is 155 Å². The van der Waals surface area contributed by atoms with E-state index in [0.717, 1.165) is 35.3 Å². The van der Waals surface area contributed by atoms with E-state index in [1.165, 1.54) is 6.20 Å². The number of aliphatic hydroxyl groups excluding tert-OH is 1. The molecule has 6 heteroatoms. The Morgan fingerprint density at radius 3 is 2.69 bits per heavy atom. The van der Waals surface area contributed by atoms with Crippen molar-refractivity contribution in [2.45, 2.75) is 24.9 Å². The summed E-state index contributed by atoms with van der Waals surface area (Å²) < 4.78 is 5.55. The summed E-state index contributed by atoms with van der Waals surface area (Å²) in [5.74, 6) is 0.0688. The van der Waals surface area contributed by atoms with Crippen molar-refractivity contribution in [1.29, 1.82) is 0 Å². The van der Waals surface area contributed by atoms with E-state index < -0.39 is 5.97 Å². The van der Waals surface area contributed by atoms with Crippen LogP contribution < -0.4 is 4.74 Å². The summed E-state index contributed by atoms with van der Waals surface area (Å²) in [6.45, 7) is 0. The molecule has 1 aromatic heterocycles. The molecule has 4 rings (SSSR count). The minimum atomic E-state index is -0.985. The van der Waals surface area contributed by atoms with Crippen molar-refractivity contribution in [3.63, 3.8) is 0 Å². The number of rotatable bonds is 4. The standard InChI is InChI=1S/C20H18ClNO4/c1-26-19-6-10(2-3-13(19)11-4-12(23)5-11)14-7-15-16(20(24)25)9-22-18(15)8-17(14)21/h2-3,6-9,11-12,22-23H,4-5H2,1H3,(H,24,25)/t11-,12-. The number of aromatic nitrogens is 1. The number of aromatic amines is 1. The fraction of sp³-hybridized carbons (Fsp3) is 0.250. The molecule has 0 unspecified atom stereocenters. The second-order valence-corrected chi connectivity index (χ2v) is 7.07. The third-order valence-corrected chi connectivity index (χ3v) is 5.41. The van der Waals surface area contributed by atoms with Gasteiger partial charge < -0.3 is 19.9 Å². The zero-order valence-corrected chi connectivity index (χ0v) is 14.9. The first kappa shape index (κ1) is 16.9. The largest absolute Gasteiger partial charge is 0.496 e. The van der Waals surface area contributed by atoms with Crippen LogP contribution in [0.4, 0.5) is 0 Å². The molecule has 1 aliphatic rings. The normalized spacial score (nSPS) is 19.3. The summed E-state index contributed by atoms with van der Waals surface area (Å²) in [5, 5.41) is 20.0. The SMILES string of the molecule is COc1cc(-c2cc3c(C(=O)O)c[nH]c3cc2Cl)ccc1[C@H]1C[C@H](O)C1. The molecule has 5 nitrogen and oxygen atoms in total. The van der Waals surface area contributed by atoms with E-state index in [9.17, 15) is 15.0 Å². The molecule has 1 heterocycles. The van der Waals surface area contributed by atoms with Gasteiger partial charge in [-0.25, -0.2) is 4.79 Å². The summed E-state index contributed by atoms with van der Waals surface area (Å²) in [6.07, 6.45) is 2.73. The molecule has 0 amide bonds. The maximum absolute atomic E-state index is 11.4. The Balaban J connectivity index is 1.80. The van der Waals surface area contributed by atoms with Crippen LogP contribution in [-0.2, 0) is 0 Å². The van der Waals surface area contributed by atoms with Gasteiger partial charge in [0.2, 0.25) is 0 Å². The highest BCUT2D eigenvalue weighted by Gasteiger charge is 2.30. The van der Waals surface area contributed by atoms with Crippen molar-refractivity contribution >= 4 is 28.5 Å². The van der Waals surface area contributed by atoms with Gasteiger partial charge in [0.05, 0.1) is 23.8 Å². The number of H-pyrrole nitrogens is 1. The van der Waals surface area contributed by atoms with Crippen molar-refractivity contribution in [2.75, 3.05) is 7.11 Å². The van der Waals surface area contributed by atoms with Crippen LogP contribution in [0.5, 0.6) is 5.75 Å². The summed E-state index contributed by atoms with van der Waals surface area (Å²) in [5.41, 5.74) is 3.58. The maximum Gasteiger partial charge on any atom is 0.337 e. The van der Waals surface area contributed by atoms with Gasteiger partial charge in [0, 0.05) is 22.7 Å². The minimum absolute atomic E-state index is 0.213. The number of methoxy groups -OCH3 is 1. The third-order valence-electron chi connectivity index (χ3n) is 5.10. The van der Waals surface area contributed by atoms with Crippen LogP contribution in [0, 0.1) is 0 Å². The second kappa shape index (κ2) is 6.34. The Morgan fingerprint density at radius 1 is 1.27 bits per heavy atom. The molecule has 2 aromatic carbocycles. The number of hydrogen-bond acceptors (Lipinski definition) is 3. The van der Waals surface area contributed by atoms with Crippen LogP contribution in [0.15, 0.2) is 36.5 Å². The molecular formula is C20H18ClNO4. The van der Waals surface area contributed by atoms with E-state index in [-0.39, 0.29) is 11.7 Å². The average Bonchev–Trinajstić information content (AvgIpc) is 3.00. The summed E-state index contributed by atoms with van der Waals surface area (Å²) >= 11 is 6.44.